The highest BCUT2D eigenvalue weighted by Crippen LogP contribution is 2.28. The van der Waals surface area contributed by atoms with Gasteiger partial charge in [-0.2, -0.15) is 0 Å². The van der Waals surface area contributed by atoms with Gasteiger partial charge >= 0.3 is 0 Å². The van der Waals surface area contributed by atoms with Crippen LogP contribution in [0.4, 0.5) is 5.69 Å². The van der Waals surface area contributed by atoms with Crippen LogP contribution in [0.2, 0.25) is 0 Å². The molecule has 1 aliphatic rings. The number of halogens is 1. The van der Waals surface area contributed by atoms with E-state index in [2.05, 4.69) is 59.1 Å². The fraction of sp³-hybridized carbons (Fsp3) is 0.500. The number of para-hydroxylation sites is 1. The molecule has 2 rings (SSSR count). The Morgan fingerprint density at radius 2 is 2.07 bits per heavy atom. The molecule has 0 saturated heterocycles. The van der Waals surface area contributed by atoms with Crippen molar-refractivity contribution in [1.29, 1.82) is 0 Å². The van der Waals surface area contributed by atoms with Gasteiger partial charge in [-0.25, -0.2) is 0 Å². The molecule has 0 spiro atoms. The largest absolute Gasteiger partial charge is 0.381 e. The second-order valence-corrected chi connectivity index (χ2v) is 5.40. The molecule has 0 aromatic heterocycles. The van der Waals surface area contributed by atoms with E-state index in [9.17, 15) is 0 Å². The first-order chi connectivity index (χ1) is 6.75. The molecule has 0 aliphatic heterocycles. The molecule has 1 nitrogen and oxygen atoms in total. The molecule has 0 amide bonds. The molecule has 1 aromatic carbocycles. The predicted molar refractivity (Wildman–Crippen MR) is 69.6 cm³/mol. The molecule has 1 aliphatic carbocycles. The minimum Gasteiger partial charge on any atom is -0.381 e. The third kappa shape index (κ3) is 2.41. The molecule has 14 heavy (non-hydrogen) atoms. The molecule has 0 heterocycles. The Bertz CT molecular complexity index is 311. The average molecular weight is 301 g/mol. The maximum absolute atomic E-state index is 3.63. The lowest BCUT2D eigenvalue weighted by Gasteiger charge is -2.15. The molecule has 1 fully saturated rings. The molecule has 76 valence electrons. The second-order valence-electron chi connectivity index (χ2n) is 4.24. The van der Waals surface area contributed by atoms with Gasteiger partial charge in [0, 0.05) is 15.3 Å². The highest BCUT2D eigenvalue weighted by Gasteiger charge is 2.21. The highest BCUT2D eigenvalue weighted by molar-refractivity contribution is 14.1. The van der Waals surface area contributed by atoms with E-state index in [1.54, 1.807) is 0 Å². The van der Waals surface area contributed by atoms with Gasteiger partial charge in [-0.3, -0.25) is 0 Å². The van der Waals surface area contributed by atoms with Gasteiger partial charge < -0.3 is 5.32 Å². The normalized spacial score (nSPS) is 26.4. The first kappa shape index (κ1) is 10.3. The maximum Gasteiger partial charge on any atom is 0.0478 e. The summed E-state index contributed by atoms with van der Waals surface area (Å²) in [5.74, 6) is 0.897. The van der Waals surface area contributed by atoms with Crippen molar-refractivity contribution in [3.8, 4) is 0 Å². The lowest BCUT2D eigenvalue weighted by Crippen LogP contribution is -2.15. The van der Waals surface area contributed by atoms with Crippen LogP contribution in [0.5, 0.6) is 0 Å². The lowest BCUT2D eigenvalue weighted by atomic mass is 10.1. The molecule has 1 aromatic rings. The van der Waals surface area contributed by atoms with Crippen molar-refractivity contribution in [3.63, 3.8) is 0 Å². The first-order valence-electron chi connectivity index (χ1n) is 5.27. The summed E-state index contributed by atoms with van der Waals surface area (Å²) in [4.78, 5) is 0. The summed E-state index contributed by atoms with van der Waals surface area (Å²) in [7, 11) is 0. The van der Waals surface area contributed by atoms with Crippen LogP contribution in [0.25, 0.3) is 0 Å². The van der Waals surface area contributed by atoms with Crippen molar-refractivity contribution < 1.29 is 0 Å². The third-order valence-corrected chi connectivity index (χ3v) is 3.87. The monoisotopic (exact) mass is 301 g/mol. The van der Waals surface area contributed by atoms with Crippen molar-refractivity contribution in [2.75, 3.05) is 5.32 Å². The summed E-state index contributed by atoms with van der Waals surface area (Å²) in [6, 6.07) is 9.21. The van der Waals surface area contributed by atoms with Crippen molar-refractivity contribution in [1.82, 2.24) is 0 Å². The number of hydrogen-bond donors (Lipinski definition) is 1. The third-order valence-electron chi connectivity index (χ3n) is 2.93. The van der Waals surface area contributed by atoms with E-state index in [1.165, 1.54) is 28.5 Å². The molecular weight excluding hydrogens is 285 g/mol. The summed E-state index contributed by atoms with van der Waals surface area (Å²) in [6.07, 6.45) is 4.03. The van der Waals surface area contributed by atoms with Crippen LogP contribution in [-0.2, 0) is 0 Å². The standard InChI is InChI=1S/C12H16IN/c1-9-6-7-10(8-9)14-12-5-3-2-4-11(12)13/h2-5,9-10,14H,6-8H2,1H3. The minimum atomic E-state index is 0.695. The Balaban J connectivity index is 2.01. The van der Waals surface area contributed by atoms with E-state index in [4.69, 9.17) is 0 Å². The fourth-order valence-corrected chi connectivity index (χ4v) is 2.68. The zero-order valence-corrected chi connectivity index (χ0v) is 10.6. The van der Waals surface area contributed by atoms with Gasteiger partial charge in [0.25, 0.3) is 0 Å². The Kier molecular flexibility index (Phi) is 3.31. The SMILES string of the molecule is CC1CCC(Nc2ccccc2I)C1. The van der Waals surface area contributed by atoms with Gasteiger partial charge in [0.2, 0.25) is 0 Å². The van der Waals surface area contributed by atoms with Crippen molar-refractivity contribution in [2.45, 2.75) is 32.2 Å². The average Bonchev–Trinajstić information content (AvgIpc) is 2.56. The van der Waals surface area contributed by atoms with Crippen LogP contribution in [0.3, 0.4) is 0 Å². The number of anilines is 1. The lowest BCUT2D eigenvalue weighted by molar-refractivity contribution is 0.602. The van der Waals surface area contributed by atoms with E-state index >= 15 is 0 Å². The Labute approximate surface area is 99.4 Å². The van der Waals surface area contributed by atoms with E-state index in [-0.39, 0.29) is 0 Å². The number of rotatable bonds is 2. The van der Waals surface area contributed by atoms with Crippen LogP contribution in [0.15, 0.2) is 24.3 Å². The van der Waals surface area contributed by atoms with Crippen LogP contribution < -0.4 is 5.32 Å². The molecule has 2 unspecified atom stereocenters. The second kappa shape index (κ2) is 4.51. The first-order valence-corrected chi connectivity index (χ1v) is 6.34. The molecule has 0 bridgehead atoms. The summed E-state index contributed by atoms with van der Waals surface area (Å²) < 4.78 is 1.32. The van der Waals surface area contributed by atoms with E-state index in [0.29, 0.717) is 6.04 Å². The van der Waals surface area contributed by atoms with Gasteiger partial charge in [0.05, 0.1) is 0 Å². The summed E-state index contributed by atoms with van der Waals surface area (Å²) in [5.41, 5.74) is 1.30. The van der Waals surface area contributed by atoms with E-state index in [0.717, 1.165) is 5.92 Å². The summed E-state index contributed by atoms with van der Waals surface area (Å²) in [6.45, 7) is 2.34. The zero-order chi connectivity index (χ0) is 9.97. The van der Waals surface area contributed by atoms with Crippen molar-refractivity contribution in [3.05, 3.63) is 27.8 Å². The molecule has 2 heteroatoms. The van der Waals surface area contributed by atoms with Gasteiger partial charge in [0.15, 0.2) is 0 Å². The van der Waals surface area contributed by atoms with Crippen LogP contribution in [0.1, 0.15) is 26.2 Å². The van der Waals surface area contributed by atoms with Gasteiger partial charge in [-0.15, -0.1) is 0 Å². The molecule has 1 N–H and O–H groups in total. The smallest absolute Gasteiger partial charge is 0.0478 e. The Hall–Kier alpha value is -0.250. The Morgan fingerprint density at radius 3 is 2.71 bits per heavy atom. The Morgan fingerprint density at radius 1 is 1.29 bits per heavy atom. The summed E-state index contributed by atoms with van der Waals surface area (Å²) >= 11 is 2.39. The quantitative estimate of drug-likeness (QED) is 0.817. The highest BCUT2D eigenvalue weighted by atomic mass is 127. The predicted octanol–water partition coefficient (Wildman–Crippen LogP) is 3.89. The molecule has 1 saturated carbocycles. The van der Waals surface area contributed by atoms with Crippen LogP contribution in [-0.4, -0.2) is 6.04 Å². The van der Waals surface area contributed by atoms with Crippen molar-refractivity contribution >= 4 is 28.3 Å². The van der Waals surface area contributed by atoms with Gasteiger partial charge in [-0.05, 0) is 59.9 Å². The van der Waals surface area contributed by atoms with E-state index < -0.39 is 0 Å². The zero-order valence-electron chi connectivity index (χ0n) is 8.46. The van der Waals surface area contributed by atoms with Crippen molar-refractivity contribution in [2.24, 2.45) is 5.92 Å². The van der Waals surface area contributed by atoms with Gasteiger partial charge in [0.1, 0.15) is 0 Å². The molecular formula is C12H16IN. The fourth-order valence-electron chi connectivity index (χ4n) is 2.14. The topological polar surface area (TPSA) is 12.0 Å². The van der Waals surface area contributed by atoms with Crippen LogP contribution in [0, 0.1) is 9.49 Å². The number of hydrogen-bond acceptors (Lipinski definition) is 1. The molecule has 2 atom stereocenters. The maximum atomic E-state index is 3.63. The van der Waals surface area contributed by atoms with E-state index in [1.807, 2.05) is 0 Å². The summed E-state index contributed by atoms with van der Waals surface area (Å²) in [5, 5.41) is 3.63. The number of nitrogens with one attached hydrogen (secondary N) is 1. The molecule has 0 radical (unpaired) electrons. The van der Waals surface area contributed by atoms with Crippen LogP contribution >= 0.6 is 22.6 Å². The van der Waals surface area contributed by atoms with Gasteiger partial charge in [-0.1, -0.05) is 19.1 Å². The minimum absolute atomic E-state index is 0.695. The number of benzene rings is 1.